The van der Waals surface area contributed by atoms with Crippen LogP contribution in [-0.4, -0.2) is 30.6 Å². The van der Waals surface area contributed by atoms with Crippen LogP contribution in [0.15, 0.2) is 48.5 Å². The number of likely N-dealkylation sites (tertiary alicyclic amines) is 1. The van der Waals surface area contributed by atoms with Crippen LogP contribution in [0.25, 0.3) is 0 Å². The lowest BCUT2D eigenvalue weighted by atomic mass is 9.97. The second-order valence-electron chi connectivity index (χ2n) is 7.19. The molecule has 0 aliphatic carbocycles. The minimum Gasteiger partial charge on any atom is -0.399 e. The third-order valence-corrected chi connectivity index (χ3v) is 4.82. The quantitative estimate of drug-likeness (QED) is 0.720. The summed E-state index contributed by atoms with van der Waals surface area (Å²) < 4.78 is 0. The van der Waals surface area contributed by atoms with E-state index in [9.17, 15) is 4.79 Å². The van der Waals surface area contributed by atoms with Crippen LogP contribution < -0.4 is 16.4 Å². The first kappa shape index (κ1) is 18.3. The number of urea groups is 1. The fourth-order valence-electron chi connectivity index (χ4n) is 3.46. The smallest absolute Gasteiger partial charge is 0.319 e. The maximum Gasteiger partial charge on any atom is 0.319 e. The molecule has 0 radical (unpaired) electrons. The van der Waals surface area contributed by atoms with Gasteiger partial charge >= 0.3 is 6.03 Å². The van der Waals surface area contributed by atoms with Gasteiger partial charge < -0.3 is 16.4 Å². The van der Waals surface area contributed by atoms with Crippen LogP contribution in [0.3, 0.4) is 0 Å². The SMILES string of the molecule is Cc1ccc(NC(=O)NCC2CCCN(Cc3cccc(N)c3)C2)cc1. The minimum atomic E-state index is -0.137. The van der Waals surface area contributed by atoms with Crippen LogP contribution in [0, 0.1) is 12.8 Å². The number of nitrogens with two attached hydrogens (primary N) is 1. The predicted molar refractivity (Wildman–Crippen MR) is 107 cm³/mol. The summed E-state index contributed by atoms with van der Waals surface area (Å²) in [4.78, 5) is 14.5. The van der Waals surface area contributed by atoms with Gasteiger partial charge in [-0.25, -0.2) is 4.79 Å². The Morgan fingerprint density at radius 1 is 1.23 bits per heavy atom. The normalized spacial score (nSPS) is 17.7. The molecule has 5 nitrogen and oxygen atoms in total. The van der Waals surface area contributed by atoms with Crippen LogP contribution in [0.4, 0.5) is 16.2 Å². The van der Waals surface area contributed by atoms with Crippen molar-refractivity contribution in [1.29, 1.82) is 0 Å². The summed E-state index contributed by atoms with van der Waals surface area (Å²) in [5.41, 5.74) is 9.93. The highest BCUT2D eigenvalue weighted by Crippen LogP contribution is 2.19. The number of hydrogen-bond acceptors (Lipinski definition) is 3. The summed E-state index contributed by atoms with van der Waals surface area (Å²) in [6.45, 7) is 5.74. The van der Waals surface area contributed by atoms with Gasteiger partial charge in [0.2, 0.25) is 0 Å². The van der Waals surface area contributed by atoms with E-state index < -0.39 is 0 Å². The van der Waals surface area contributed by atoms with Gasteiger partial charge in [-0.2, -0.15) is 0 Å². The summed E-state index contributed by atoms with van der Waals surface area (Å²) >= 11 is 0. The molecule has 5 heteroatoms. The molecule has 26 heavy (non-hydrogen) atoms. The number of anilines is 2. The second-order valence-corrected chi connectivity index (χ2v) is 7.19. The summed E-state index contributed by atoms with van der Waals surface area (Å²) in [7, 11) is 0. The number of benzene rings is 2. The van der Waals surface area contributed by atoms with Gasteiger partial charge in [-0.1, -0.05) is 29.8 Å². The van der Waals surface area contributed by atoms with Gasteiger partial charge in [-0.3, -0.25) is 4.90 Å². The Hall–Kier alpha value is -2.53. The molecule has 1 unspecified atom stereocenters. The Morgan fingerprint density at radius 3 is 2.81 bits per heavy atom. The van der Waals surface area contributed by atoms with E-state index in [1.807, 2.05) is 49.4 Å². The van der Waals surface area contributed by atoms with Gasteiger partial charge in [0.1, 0.15) is 0 Å². The summed E-state index contributed by atoms with van der Waals surface area (Å²) in [5.74, 6) is 0.480. The molecule has 1 atom stereocenters. The van der Waals surface area contributed by atoms with Crippen LogP contribution in [0.2, 0.25) is 0 Å². The molecule has 4 N–H and O–H groups in total. The molecule has 1 heterocycles. The summed E-state index contributed by atoms with van der Waals surface area (Å²) in [5, 5.41) is 5.90. The van der Waals surface area contributed by atoms with E-state index in [-0.39, 0.29) is 6.03 Å². The lowest BCUT2D eigenvalue weighted by Crippen LogP contribution is -2.41. The molecule has 1 aliphatic rings. The van der Waals surface area contributed by atoms with Crippen molar-refractivity contribution < 1.29 is 4.79 Å². The number of piperidine rings is 1. The first-order chi connectivity index (χ1) is 12.6. The zero-order valence-electron chi connectivity index (χ0n) is 15.4. The Balaban J connectivity index is 1.44. The lowest BCUT2D eigenvalue weighted by molar-refractivity contribution is 0.166. The molecule has 0 aromatic heterocycles. The van der Waals surface area contributed by atoms with E-state index in [2.05, 4.69) is 21.6 Å². The molecule has 1 saturated heterocycles. The van der Waals surface area contributed by atoms with Gasteiger partial charge in [0, 0.05) is 31.0 Å². The predicted octanol–water partition coefficient (Wildman–Crippen LogP) is 3.61. The number of hydrogen-bond donors (Lipinski definition) is 3. The Morgan fingerprint density at radius 2 is 2.04 bits per heavy atom. The van der Waals surface area contributed by atoms with Crippen molar-refractivity contribution in [2.75, 3.05) is 30.7 Å². The van der Waals surface area contributed by atoms with Gasteiger partial charge in [0.05, 0.1) is 0 Å². The molecule has 3 rings (SSSR count). The second kappa shape index (κ2) is 8.72. The van der Waals surface area contributed by atoms with E-state index >= 15 is 0 Å². The summed E-state index contributed by atoms with van der Waals surface area (Å²) in [6.07, 6.45) is 2.31. The first-order valence-electron chi connectivity index (χ1n) is 9.27. The Kier molecular flexibility index (Phi) is 6.12. The lowest BCUT2D eigenvalue weighted by Gasteiger charge is -2.32. The van der Waals surface area contributed by atoms with E-state index in [0.29, 0.717) is 12.5 Å². The topological polar surface area (TPSA) is 70.4 Å². The number of aryl methyl sites for hydroxylation is 1. The van der Waals surface area contributed by atoms with Gasteiger partial charge in [-0.15, -0.1) is 0 Å². The van der Waals surface area contributed by atoms with Crippen molar-refractivity contribution in [3.63, 3.8) is 0 Å². The average molecular weight is 352 g/mol. The zero-order valence-corrected chi connectivity index (χ0v) is 15.4. The van der Waals surface area contributed by atoms with Gasteiger partial charge in [0.25, 0.3) is 0 Å². The van der Waals surface area contributed by atoms with Crippen molar-refractivity contribution in [3.8, 4) is 0 Å². The van der Waals surface area contributed by atoms with Crippen LogP contribution in [-0.2, 0) is 6.54 Å². The molecule has 2 aromatic rings. The molecule has 0 bridgehead atoms. The molecule has 1 fully saturated rings. The molecular weight excluding hydrogens is 324 g/mol. The van der Waals surface area contributed by atoms with Crippen molar-refractivity contribution in [2.24, 2.45) is 5.92 Å². The van der Waals surface area contributed by atoms with Crippen LogP contribution in [0.1, 0.15) is 24.0 Å². The largest absolute Gasteiger partial charge is 0.399 e. The van der Waals surface area contributed by atoms with Crippen molar-refractivity contribution in [3.05, 3.63) is 59.7 Å². The fraction of sp³-hybridized carbons (Fsp3) is 0.381. The fourth-order valence-corrected chi connectivity index (χ4v) is 3.46. The molecule has 2 aromatic carbocycles. The first-order valence-corrected chi connectivity index (χ1v) is 9.27. The van der Waals surface area contributed by atoms with E-state index in [4.69, 9.17) is 5.73 Å². The molecule has 2 amide bonds. The van der Waals surface area contributed by atoms with Crippen molar-refractivity contribution in [2.45, 2.75) is 26.3 Å². The highest BCUT2D eigenvalue weighted by Gasteiger charge is 2.20. The Bertz CT molecular complexity index is 729. The minimum absolute atomic E-state index is 0.137. The monoisotopic (exact) mass is 352 g/mol. The maximum absolute atomic E-state index is 12.1. The number of carbonyl (C=O) groups excluding carboxylic acids is 1. The number of nitrogens with zero attached hydrogens (tertiary/aromatic N) is 1. The van der Waals surface area contributed by atoms with Gasteiger partial charge in [0.15, 0.2) is 0 Å². The molecule has 0 saturated carbocycles. The van der Waals surface area contributed by atoms with E-state index in [1.165, 1.54) is 11.1 Å². The highest BCUT2D eigenvalue weighted by atomic mass is 16.2. The van der Waals surface area contributed by atoms with Crippen LogP contribution in [0.5, 0.6) is 0 Å². The maximum atomic E-state index is 12.1. The number of rotatable bonds is 5. The number of nitrogens with one attached hydrogen (secondary N) is 2. The highest BCUT2D eigenvalue weighted by molar-refractivity contribution is 5.89. The number of carbonyl (C=O) groups is 1. The third kappa shape index (κ3) is 5.49. The van der Waals surface area contributed by atoms with Crippen LogP contribution >= 0.6 is 0 Å². The zero-order chi connectivity index (χ0) is 18.4. The van der Waals surface area contributed by atoms with Crippen molar-refractivity contribution >= 4 is 17.4 Å². The Labute approximate surface area is 155 Å². The molecule has 1 aliphatic heterocycles. The molecular formula is C21H28N4O. The van der Waals surface area contributed by atoms with E-state index in [1.54, 1.807) is 0 Å². The van der Waals surface area contributed by atoms with Gasteiger partial charge in [-0.05, 0) is 62.1 Å². The molecule has 138 valence electrons. The number of amides is 2. The summed E-state index contributed by atoms with van der Waals surface area (Å²) in [6, 6.07) is 15.8. The molecule has 0 spiro atoms. The van der Waals surface area contributed by atoms with Crippen molar-refractivity contribution in [1.82, 2.24) is 10.2 Å². The number of nitrogen functional groups attached to an aromatic ring is 1. The standard InChI is InChI=1S/C21H28N4O/c1-16-7-9-20(10-8-16)24-21(26)23-13-18-5-3-11-25(15-18)14-17-4-2-6-19(22)12-17/h2,4,6-10,12,18H,3,5,11,13-15,22H2,1H3,(H2,23,24,26). The van der Waals surface area contributed by atoms with E-state index in [0.717, 1.165) is 43.9 Å². The third-order valence-electron chi connectivity index (χ3n) is 4.82. The average Bonchev–Trinajstić information content (AvgIpc) is 2.62.